The molecule has 0 saturated carbocycles. The predicted molar refractivity (Wildman–Crippen MR) is 126 cm³/mol. The third-order valence-corrected chi connectivity index (χ3v) is 6.46. The van der Waals surface area contributed by atoms with Crippen molar-refractivity contribution in [2.24, 2.45) is 5.73 Å². The number of aryl methyl sites for hydroxylation is 1. The summed E-state index contributed by atoms with van der Waals surface area (Å²) in [7, 11) is 0. The zero-order valence-corrected chi connectivity index (χ0v) is 18.4. The van der Waals surface area contributed by atoms with Crippen LogP contribution in [0.3, 0.4) is 0 Å². The Hall–Kier alpha value is -2.85. The number of aromatic nitrogens is 1. The van der Waals surface area contributed by atoms with Crippen LogP contribution >= 0.6 is 11.6 Å². The highest BCUT2D eigenvalue weighted by Crippen LogP contribution is 2.40. The molecular weight excluding hydrogens is 406 g/mol. The summed E-state index contributed by atoms with van der Waals surface area (Å²) in [6.45, 7) is 1.42. The molecule has 4 nitrogen and oxygen atoms in total. The highest BCUT2D eigenvalue weighted by Gasteiger charge is 2.27. The molecule has 160 valence electrons. The Labute approximate surface area is 189 Å². The number of carbonyl (C=O) groups excluding carboxylic acids is 1. The van der Waals surface area contributed by atoms with E-state index >= 15 is 0 Å². The fourth-order valence-corrected chi connectivity index (χ4v) is 4.79. The third-order valence-electron chi connectivity index (χ3n) is 6.23. The quantitative estimate of drug-likeness (QED) is 0.547. The highest BCUT2D eigenvalue weighted by atomic mass is 35.5. The Bertz CT molecular complexity index is 1030. The third kappa shape index (κ3) is 5.26. The summed E-state index contributed by atoms with van der Waals surface area (Å²) in [6, 6.07) is 10.1. The van der Waals surface area contributed by atoms with Crippen LogP contribution in [-0.2, 0) is 17.6 Å². The SMILES string of the molecule is N/C=C\C=C1\CCc2cc(Cl)ccc2C(C2=CCN(C(=O)Cc3cccnc3)CC2)C1. The summed E-state index contributed by atoms with van der Waals surface area (Å²) >= 11 is 6.30. The van der Waals surface area contributed by atoms with Crippen LogP contribution in [0, 0.1) is 0 Å². The van der Waals surface area contributed by atoms with Crippen LogP contribution in [0.5, 0.6) is 0 Å². The molecule has 0 radical (unpaired) electrons. The lowest BCUT2D eigenvalue weighted by Gasteiger charge is -2.31. The van der Waals surface area contributed by atoms with Gasteiger partial charge in [0.05, 0.1) is 6.42 Å². The fraction of sp³-hybridized carbons (Fsp3) is 0.308. The van der Waals surface area contributed by atoms with Crippen LogP contribution in [0.1, 0.15) is 41.9 Å². The van der Waals surface area contributed by atoms with E-state index in [4.69, 9.17) is 17.3 Å². The molecule has 4 rings (SSSR count). The van der Waals surface area contributed by atoms with E-state index in [2.05, 4.69) is 29.3 Å². The van der Waals surface area contributed by atoms with Crippen molar-refractivity contribution < 1.29 is 4.79 Å². The number of hydrogen-bond acceptors (Lipinski definition) is 3. The van der Waals surface area contributed by atoms with Gasteiger partial charge in [0.25, 0.3) is 0 Å². The summed E-state index contributed by atoms with van der Waals surface area (Å²) < 4.78 is 0. The van der Waals surface area contributed by atoms with E-state index in [1.807, 2.05) is 29.2 Å². The van der Waals surface area contributed by atoms with Crippen molar-refractivity contribution in [1.82, 2.24) is 9.88 Å². The molecule has 2 N–H and O–H groups in total. The van der Waals surface area contributed by atoms with Crippen molar-refractivity contribution in [3.05, 3.63) is 100 Å². The van der Waals surface area contributed by atoms with Gasteiger partial charge in [0.15, 0.2) is 0 Å². The molecule has 1 aliphatic heterocycles. The van der Waals surface area contributed by atoms with Crippen molar-refractivity contribution in [3.8, 4) is 0 Å². The van der Waals surface area contributed by atoms with Crippen LogP contribution in [0.25, 0.3) is 0 Å². The molecule has 0 bridgehead atoms. The first-order valence-corrected chi connectivity index (χ1v) is 11.2. The number of rotatable bonds is 4. The molecule has 2 aliphatic rings. The van der Waals surface area contributed by atoms with E-state index < -0.39 is 0 Å². The normalized spacial score (nSPS) is 20.4. The molecule has 1 amide bonds. The second-order valence-corrected chi connectivity index (χ2v) is 8.65. The summed E-state index contributed by atoms with van der Waals surface area (Å²) in [5, 5.41) is 0.789. The Morgan fingerprint density at radius 2 is 2.16 bits per heavy atom. The van der Waals surface area contributed by atoms with Crippen molar-refractivity contribution in [2.45, 2.75) is 38.0 Å². The molecular formula is C26H28ClN3O. The minimum Gasteiger partial charge on any atom is -0.405 e. The molecule has 1 atom stereocenters. The first kappa shape index (κ1) is 21.4. The first-order chi connectivity index (χ1) is 15.1. The van der Waals surface area contributed by atoms with E-state index in [1.165, 1.54) is 22.3 Å². The van der Waals surface area contributed by atoms with Crippen LogP contribution < -0.4 is 5.73 Å². The monoisotopic (exact) mass is 433 g/mol. The number of amides is 1. The summed E-state index contributed by atoms with van der Waals surface area (Å²) in [5.41, 5.74) is 12.0. The minimum atomic E-state index is 0.157. The number of pyridine rings is 1. The van der Waals surface area contributed by atoms with Gasteiger partial charge < -0.3 is 10.6 Å². The lowest BCUT2D eigenvalue weighted by atomic mass is 9.82. The zero-order chi connectivity index (χ0) is 21.6. The van der Waals surface area contributed by atoms with Crippen LogP contribution in [0.15, 0.2) is 78.3 Å². The summed E-state index contributed by atoms with van der Waals surface area (Å²) in [6.07, 6.45) is 15.7. The lowest BCUT2D eigenvalue weighted by Crippen LogP contribution is -2.36. The molecule has 0 saturated heterocycles. The Balaban J connectivity index is 1.53. The largest absolute Gasteiger partial charge is 0.405 e. The van der Waals surface area contributed by atoms with Gasteiger partial charge in [-0.15, -0.1) is 0 Å². The zero-order valence-electron chi connectivity index (χ0n) is 17.6. The second-order valence-electron chi connectivity index (χ2n) is 8.22. The van der Waals surface area contributed by atoms with Crippen LogP contribution in [0.2, 0.25) is 5.02 Å². The number of allylic oxidation sites excluding steroid dienone is 3. The van der Waals surface area contributed by atoms with E-state index in [1.54, 1.807) is 18.6 Å². The van der Waals surface area contributed by atoms with Crippen molar-refractivity contribution >= 4 is 17.5 Å². The fourth-order valence-electron chi connectivity index (χ4n) is 4.59. The number of fused-ring (bicyclic) bond motifs is 1. The van der Waals surface area contributed by atoms with Crippen molar-refractivity contribution in [2.75, 3.05) is 13.1 Å². The molecule has 2 aromatic rings. The van der Waals surface area contributed by atoms with Crippen molar-refractivity contribution in [3.63, 3.8) is 0 Å². The molecule has 1 aromatic carbocycles. The number of nitrogens with two attached hydrogens (primary N) is 1. The standard InChI is InChI=1S/C26H28ClN3O/c27-23-7-8-24-22(17-23)6-5-19(3-1-11-28)15-25(24)21-9-13-30(14-10-21)26(31)16-20-4-2-12-29-18-20/h1-4,7-9,11-12,17-18,25H,5-6,10,13-16,28H2/b11-1-,19-3-. The maximum Gasteiger partial charge on any atom is 0.227 e. The van der Waals surface area contributed by atoms with Crippen LogP contribution in [0.4, 0.5) is 0 Å². The van der Waals surface area contributed by atoms with Crippen LogP contribution in [-0.4, -0.2) is 28.9 Å². The molecule has 31 heavy (non-hydrogen) atoms. The smallest absolute Gasteiger partial charge is 0.227 e. The van der Waals surface area contributed by atoms with Gasteiger partial charge in [-0.05, 0) is 72.8 Å². The Morgan fingerprint density at radius 3 is 2.90 bits per heavy atom. The van der Waals surface area contributed by atoms with Gasteiger partial charge in [-0.3, -0.25) is 9.78 Å². The van der Waals surface area contributed by atoms with Gasteiger partial charge in [0.2, 0.25) is 5.91 Å². The number of nitrogens with zero attached hydrogens (tertiary/aromatic N) is 2. The molecule has 5 heteroatoms. The van der Waals surface area contributed by atoms with Gasteiger partial charge in [0.1, 0.15) is 0 Å². The molecule has 0 spiro atoms. The molecule has 1 aliphatic carbocycles. The second kappa shape index (κ2) is 9.97. The Morgan fingerprint density at radius 1 is 1.26 bits per heavy atom. The van der Waals surface area contributed by atoms with Gasteiger partial charge >= 0.3 is 0 Å². The summed E-state index contributed by atoms with van der Waals surface area (Å²) in [4.78, 5) is 18.8. The predicted octanol–water partition coefficient (Wildman–Crippen LogP) is 4.96. The van der Waals surface area contributed by atoms with Gasteiger partial charge in [-0.25, -0.2) is 0 Å². The van der Waals surface area contributed by atoms with E-state index in [0.717, 1.165) is 42.8 Å². The van der Waals surface area contributed by atoms with Gasteiger partial charge in [-0.1, -0.05) is 47.0 Å². The lowest BCUT2D eigenvalue weighted by molar-refractivity contribution is -0.130. The summed E-state index contributed by atoms with van der Waals surface area (Å²) in [5.74, 6) is 0.479. The number of carbonyl (C=O) groups is 1. The first-order valence-electron chi connectivity index (χ1n) is 10.8. The van der Waals surface area contributed by atoms with Gasteiger partial charge in [-0.2, -0.15) is 0 Å². The minimum absolute atomic E-state index is 0.157. The molecule has 1 unspecified atom stereocenters. The topological polar surface area (TPSA) is 59.2 Å². The maximum atomic E-state index is 12.7. The van der Waals surface area contributed by atoms with E-state index in [9.17, 15) is 4.79 Å². The maximum absolute atomic E-state index is 12.7. The number of halogens is 1. The van der Waals surface area contributed by atoms with Crippen molar-refractivity contribution in [1.29, 1.82) is 0 Å². The molecule has 2 heterocycles. The molecule has 1 aromatic heterocycles. The highest BCUT2D eigenvalue weighted by molar-refractivity contribution is 6.30. The number of benzene rings is 1. The molecule has 0 fully saturated rings. The van der Waals surface area contributed by atoms with E-state index in [-0.39, 0.29) is 5.91 Å². The average Bonchev–Trinajstić information content (AvgIpc) is 2.97. The van der Waals surface area contributed by atoms with Gasteiger partial charge in [0, 0.05) is 36.4 Å². The average molecular weight is 434 g/mol. The number of hydrogen-bond donors (Lipinski definition) is 1. The Kier molecular flexibility index (Phi) is 6.88. The van der Waals surface area contributed by atoms with E-state index in [0.29, 0.717) is 18.9 Å².